The highest BCUT2D eigenvalue weighted by atomic mass is 35.5. The smallest absolute Gasteiger partial charge is 0.142 e. The van der Waals surface area contributed by atoms with Crippen molar-refractivity contribution in [2.45, 2.75) is 17.6 Å². The van der Waals surface area contributed by atoms with Gasteiger partial charge >= 0.3 is 0 Å². The number of fused-ring (bicyclic) bond motifs is 1. The summed E-state index contributed by atoms with van der Waals surface area (Å²) in [7, 11) is 0. The molecule has 0 amide bonds. The number of benzene rings is 1. The average molecular weight is 341 g/mol. The standard InChI is InChI=1S/C14H10Cl2N2S2/c1-8-6-11-13(16)17-12(18-14(11)20-8)7-19-10-4-2-9(15)3-5-10/h2-6H,7H2,1H3. The average Bonchev–Trinajstić information content (AvgIpc) is 2.79. The molecule has 3 rings (SSSR count). The number of nitrogens with zero attached hydrogens (tertiary/aromatic N) is 2. The van der Waals surface area contributed by atoms with E-state index in [2.05, 4.69) is 9.97 Å². The SMILES string of the molecule is Cc1cc2c(Cl)nc(CSc3ccc(Cl)cc3)nc2s1. The topological polar surface area (TPSA) is 25.8 Å². The number of thioether (sulfide) groups is 1. The molecule has 102 valence electrons. The lowest BCUT2D eigenvalue weighted by Crippen LogP contribution is -1.92. The third-order valence-electron chi connectivity index (χ3n) is 2.70. The molecule has 0 atom stereocenters. The van der Waals surface area contributed by atoms with Crippen molar-refractivity contribution in [2.75, 3.05) is 0 Å². The molecule has 1 aromatic carbocycles. The summed E-state index contributed by atoms with van der Waals surface area (Å²) in [5.41, 5.74) is 0. The van der Waals surface area contributed by atoms with Gasteiger partial charge in [-0.1, -0.05) is 23.2 Å². The quantitative estimate of drug-likeness (QED) is 0.458. The fourth-order valence-electron chi connectivity index (χ4n) is 1.79. The van der Waals surface area contributed by atoms with E-state index in [-0.39, 0.29) is 0 Å². The second kappa shape index (κ2) is 5.90. The maximum Gasteiger partial charge on any atom is 0.142 e. The van der Waals surface area contributed by atoms with Gasteiger partial charge in [-0.05, 0) is 37.3 Å². The highest BCUT2D eigenvalue weighted by Gasteiger charge is 2.09. The van der Waals surface area contributed by atoms with E-state index < -0.39 is 0 Å². The van der Waals surface area contributed by atoms with Crippen molar-refractivity contribution >= 4 is 56.5 Å². The molecule has 0 aliphatic rings. The van der Waals surface area contributed by atoms with Crippen molar-refractivity contribution in [3.8, 4) is 0 Å². The largest absolute Gasteiger partial charge is 0.221 e. The third-order valence-corrected chi connectivity index (χ3v) is 5.19. The van der Waals surface area contributed by atoms with Gasteiger partial charge in [-0.3, -0.25) is 0 Å². The fraction of sp³-hybridized carbons (Fsp3) is 0.143. The summed E-state index contributed by atoms with van der Waals surface area (Å²) < 4.78 is 0. The summed E-state index contributed by atoms with van der Waals surface area (Å²) in [6.07, 6.45) is 0. The molecule has 2 heterocycles. The van der Waals surface area contributed by atoms with E-state index >= 15 is 0 Å². The molecule has 0 unspecified atom stereocenters. The van der Waals surface area contributed by atoms with Crippen LogP contribution in [-0.2, 0) is 5.75 Å². The zero-order valence-corrected chi connectivity index (χ0v) is 13.7. The van der Waals surface area contributed by atoms with Crippen molar-refractivity contribution in [3.63, 3.8) is 0 Å². The van der Waals surface area contributed by atoms with Gasteiger partial charge in [0.25, 0.3) is 0 Å². The van der Waals surface area contributed by atoms with Crippen LogP contribution < -0.4 is 0 Å². The van der Waals surface area contributed by atoms with E-state index in [0.717, 1.165) is 26.0 Å². The molecule has 3 aromatic rings. The number of halogens is 2. The molecule has 0 saturated heterocycles. The van der Waals surface area contributed by atoms with E-state index in [1.54, 1.807) is 23.1 Å². The zero-order chi connectivity index (χ0) is 14.1. The summed E-state index contributed by atoms with van der Waals surface area (Å²) in [4.78, 5) is 12.2. The summed E-state index contributed by atoms with van der Waals surface area (Å²) in [5, 5.41) is 2.21. The monoisotopic (exact) mass is 340 g/mol. The van der Waals surface area contributed by atoms with E-state index in [1.165, 1.54) is 4.88 Å². The summed E-state index contributed by atoms with van der Waals surface area (Å²) >= 11 is 15.4. The second-order valence-electron chi connectivity index (χ2n) is 4.25. The lowest BCUT2D eigenvalue weighted by atomic mass is 10.4. The van der Waals surface area contributed by atoms with Crippen molar-refractivity contribution in [1.82, 2.24) is 9.97 Å². The minimum atomic E-state index is 0.533. The Hall–Kier alpha value is -0.810. The number of rotatable bonds is 3. The predicted octanol–water partition coefficient (Wildman–Crippen LogP) is 5.60. The minimum absolute atomic E-state index is 0.533. The summed E-state index contributed by atoms with van der Waals surface area (Å²) in [6.45, 7) is 2.05. The Bertz CT molecular complexity index is 754. The molecule has 2 nitrogen and oxygen atoms in total. The Morgan fingerprint density at radius 1 is 1.15 bits per heavy atom. The van der Waals surface area contributed by atoms with E-state index in [0.29, 0.717) is 10.9 Å². The molecule has 2 aromatic heterocycles. The summed E-state index contributed by atoms with van der Waals surface area (Å²) in [5.74, 6) is 1.44. The maximum absolute atomic E-state index is 6.21. The highest BCUT2D eigenvalue weighted by molar-refractivity contribution is 7.98. The number of hydrogen-bond acceptors (Lipinski definition) is 4. The van der Waals surface area contributed by atoms with Gasteiger partial charge < -0.3 is 0 Å². The summed E-state index contributed by atoms with van der Waals surface area (Å²) in [6, 6.07) is 9.76. The molecular formula is C14H10Cl2N2S2. The molecule has 6 heteroatoms. The van der Waals surface area contributed by atoms with Crippen molar-refractivity contribution in [3.05, 3.63) is 51.2 Å². The molecule has 0 fully saturated rings. The van der Waals surface area contributed by atoms with Crippen molar-refractivity contribution in [1.29, 1.82) is 0 Å². The number of aromatic nitrogens is 2. The maximum atomic E-state index is 6.21. The number of thiophene rings is 1. The van der Waals surface area contributed by atoms with Crippen LogP contribution in [-0.4, -0.2) is 9.97 Å². The van der Waals surface area contributed by atoms with Gasteiger partial charge in [0.1, 0.15) is 15.8 Å². The van der Waals surface area contributed by atoms with Crippen molar-refractivity contribution < 1.29 is 0 Å². The first-order chi connectivity index (χ1) is 9.61. The van der Waals surface area contributed by atoms with Gasteiger partial charge in [-0.15, -0.1) is 23.1 Å². The van der Waals surface area contributed by atoms with Crippen LogP contribution in [0, 0.1) is 6.92 Å². The second-order valence-corrected chi connectivity index (χ2v) is 7.33. The van der Waals surface area contributed by atoms with E-state index in [4.69, 9.17) is 23.2 Å². The van der Waals surface area contributed by atoms with Crippen LogP contribution in [0.25, 0.3) is 10.2 Å². The number of aryl methyl sites for hydroxylation is 1. The van der Waals surface area contributed by atoms with Gasteiger partial charge in [0.2, 0.25) is 0 Å². The Labute approximate surface area is 135 Å². The van der Waals surface area contributed by atoms with Crippen molar-refractivity contribution in [2.24, 2.45) is 0 Å². The lowest BCUT2D eigenvalue weighted by molar-refractivity contribution is 1.08. The number of hydrogen-bond donors (Lipinski definition) is 0. The van der Waals surface area contributed by atoms with Gasteiger partial charge in [-0.2, -0.15) is 0 Å². The Balaban J connectivity index is 1.82. The van der Waals surface area contributed by atoms with Gasteiger partial charge in [-0.25, -0.2) is 9.97 Å². The Morgan fingerprint density at radius 3 is 2.65 bits per heavy atom. The fourth-order valence-corrected chi connectivity index (χ4v) is 3.87. The van der Waals surface area contributed by atoms with Gasteiger partial charge in [0.05, 0.1) is 5.75 Å². The minimum Gasteiger partial charge on any atom is -0.221 e. The first-order valence-corrected chi connectivity index (χ1v) is 8.48. The molecule has 0 bridgehead atoms. The molecule has 0 spiro atoms. The van der Waals surface area contributed by atoms with Gasteiger partial charge in [0.15, 0.2) is 0 Å². The van der Waals surface area contributed by atoms with E-state index in [9.17, 15) is 0 Å². The molecular weight excluding hydrogens is 331 g/mol. The molecule has 20 heavy (non-hydrogen) atoms. The first-order valence-electron chi connectivity index (χ1n) is 5.93. The van der Waals surface area contributed by atoms with Crippen LogP contribution in [0.1, 0.15) is 10.7 Å². The van der Waals surface area contributed by atoms with Crippen LogP contribution in [0.4, 0.5) is 0 Å². The molecule has 0 aliphatic carbocycles. The Kier molecular flexibility index (Phi) is 4.17. The third kappa shape index (κ3) is 3.09. The molecule has 0 aliphatic heterocycles. The van der Waals surface area contributed by atoms with Crippen LogP contribution in [0.3, 0.4) is 0 Å². The van der Waals surface area contributed by atoms with Crippen LogP contribution in [0.15, 0.2) is 35.2 Å². The Morgan fingerprint density at radius 2 is 1.90 bits per heavy atom. The lowest BCUT2D eigenvalue weighted by Gasteiger charge is -2.02. The highest BCUT2D eigenvalue weighted by Crippen LogP contribution is 2.30. The molecule has 0 radical (unpaired) electrons. The molecule has 0 saturated carbocycles. The molecule has 0 N–H and O–H groups in total. The van der Waals surface area contributed by atoms with Crippen LogP contribution in [0.5, 0.6) is 0 Å². The van der Waals surface area contributed by atoms with E-state index in [1.807, 2.05) is 37.3 Å². The zero-order valence-electron chi connectivity index (χ0n) is 10.6. The van der Waals surface area contributed by atoms with Gasteiger partial charge in [0, 0.05) is 20.2 Å². The predicted molar refractivity (Wildman–Crippen MR) is 88.2 cm³/mol. The van der Waals surface area contributed by atoms with Crippen LogP contribution >= 0.6 is 46.3 Å². The normalized spacial score (nSPS) is 11.2. The first kappa shape index (κ1) is 14.1. The van der Waals surface area contributed by atoms with Crippen LogP contribution in [0.2, 0.25) is 10.2 Å².